The fourth-order valence-electron chi connectivity index (χ4n) is 1.66. The highest BCUT2D eigenvalue weighted by Crippen LogP contribution is 2.59. The molecule has 2 N–H and O–H groups in total. The van der Waals surface area contributed by atoms with Gasteiger partial charge >= 0.3 is 7.60 Å². The summed E-state index contributed by atoms with van der Waals surface area (Å²) in [6, 6.07) is 6.80. The van der Waals surface area contributed by atoms with Crippen LogP contribution >= 0.6 is 7.60 Å². The van der Waals surface area contributed by atoms with Gasteiger partial charge in [0, 0.05) is 0 Å². The molecule has 0 saturated carbocycles. The van der Waals surface area contributed by atoms with Gasteiger partial charge in [0.1, 0.15) is 5.75 Å². The number of benzene rings is 1. The Morgan fingerprint density at radius 1 is 1.21 bits per heavy atom. The van der Waals surface area contributed by atoms with Crippen LogP contribution in [0.2, 0.25) is 0 Å². The average Bonchev–Trinajstić information content (AvgIpc) is 2.40. The normalized spacial score (nSPS) is 13.3. The smallest absolute Gasteiger partial charge is 0.354 e. The Morgan fingerprint density at radius 3 is 2.11 bits per heavy atom. The highest BCUT2D eigenvalue weighted by atomic mass is 31.2. The first-order valence-electron chi connectivity index (χ1n) is 6.03. The van der Waals surface area contributed by atoms with E-state index < -0.39 is 13.4 Å². The first-order chi connectivity index (χ1) is 9.11. The molecule has 0 saturated heterocycles. The van der Waals surface area contributed by atoms with Crippen molar-refractivity contribution in [1.29, 1.82) is 0 Å². The Hall–Kier alpha value is -0.910. The Morgan fingerprint density at radius 2 is 1.74 bits per heavy atom. The molecular weight excluding hydrogens is 269 g/mol. The maximum atomic E-state index is 12.6. The van der Waals surface area contributed by atoms with Gasteiger partial charge in [0.15, 0.2) is 5.78 Å². The van der Waals surface area contributed by atoms with E-state index >= 15 is 0 Å². The third kappa shape index (κ3) is 4.03. The van der Waals surface area contributed by atoms with Crippen molar-refractivity contribution < 1.29 is 23.6 Å². The number of hydrogen-bond acceptors (Lipinski definition) is 6. The van der Waals surface area contributed by atoms with E-state index in [0.29, 0.717) is 11.3 Å². The topological polar surface area (TPSA) is 77.0 Å². The summed E-state index contributed by atoms with van der Waals surface area (Å²) in [6.45, 7) is 3.89. The molecule has 0 aliphatic heterocycles. The van der Waals surface area contributed by atoms with Crippen LogP contribution in [0.4, 0.5) is 0 Å². The summed E-state index contributed by atoms with van der Waals surface area (Å²) < 4.78 is 28.1. The molecule has 1 rings (SSSR count). The zero-order chi connectivity index (χ0) is 14.3. The van der Waals surface area contributed by atoms with E-state index in [1.54, 1.807) is 45.2 Å². The molecule has 0 spiro atoms. The largest absolute Gasteiger partial charge is 0.497 e. The molecule has 1 aromatic carbocycles. The molecule has 0 aliphatic carbocycles. The van der Waals surface area contributed by atoms with Crippen LogP contribution in [-0.4, -0.2) is 25.5 Å². The van der Waals surface area contributed by atoms with Crippen molar-refractivity contribution in [3.8, 4) is 5.75 Å². The minimum atomic E-state index is -3.48. The van der Waals surface area contributed by atoms with Gasteiger partial charge in [0.25, 0.3) is 0 Å². The molecule has 0 aromatic heterocycles. The van der Waals surface area contributed by atoms with Crippen LogP contribution in [0, 0.1) is 0 Å². The number of nitrogens with one attached hydrogen (secondary N) is 1. The Labute approximate surface area is 113 Å². The summed E-state index contributed by atoms with van der Waals surface area (Å²) in [5.74, 6) is -0.263. The molecule has 0 amide bonds. The molecule has 0 fully saturated rings. The standard InChI is InChI=1S/C12H20NO5P/c1-4-17-19(15,18-5-2)12(13-14)10-6-8-11(16-3)9-7-10/h6-9,12-14H,4-5H2,1-3H3. The van der Waals surface area contributed by atoms with Gasteiger partial charge < -0.3 is 19.0 Å². The first-order valence-corrected chi connectivity index (χ1v) is 7.64. The number of rotatable bonds is 8. The predicted molar refractivity (Wildman–Crippen MR) is 71.5 cm³/mol. The molecule has 0 radical (unpaired) electrons. The Bertz CT molecular complexity index is 413. The van der Waals surface area contributed by atoms with Crippen molar-refractivity contribution in [3.05, 3.63) is 29.8 Å². The number of hydroxylamine groups is 1. The monoisotopic (exact) mass is 289 g/mol. The second-order valence-electron chi connectivity index (χ2n) is 3.68. The SMILES string of the molecule is CCOP(=O)(OCC)C(NO)c1ccc(OC)cc1. The predicted octanol–water partition coefficient (Wildman–Crippen LogP) is 2.94. The van der Waals surface area contributed by atoms with Crippen LogP contribution in [0.25, 0.3) is 0 Å². The summed E-state index contributed by atoms with van der Waals surface area (Å²) in [4.78, 5) is 0. The molecule has 19 heavy (non-hydrogen) atoms. The van der Waals surface area contributed by atoms with E-state index in [-0.39, 0.29) is 13.2 Å². The van der Waals surface area contributed by atoms with Crippen LogP contribution in [0.15, 0.2) is 24.3 Å². The van der Waals surface area contributed by atoms with Gasteiger partial charge in [-0.3, -0.25) is 4.57 Å². The molecule has 1 atom stereocenters. The Kier molecular flexibility index (Phi) is 6.48. The van der Waals surface area contributed by atoms with Crippen molar-refractivity contribution >= 4 is 7.60 Å². The molecule has 108 valence electrons. The lowest BCUT2D eigenvalue weighted by Crippen LogP contribution is -2.20. The minimum Gasteiger partial charge on any atom is -0.497 e. The van der Waals surface area contributed by atoms with Gasteiger partial charge in [-0.05, 0) is 31.5 Å². The van der Waals surface area contributed by atoms with Gasteiger partial charge in [-0.25, -0.2) is 0 Å². The Balaban J connectivity index is 3.04. The van der Waals surface area contributed by atoms with Crippen LogP contribution in [0.1, 0.15) is 25.2 Å². The average molecular weight is 289 g/mol. The molecule has 0 aliphatic rings. The lowest BCUT2D eigenvalue weighted by atomic mass is 10.2. The summed E-state index contributed by atoms with van der Waals surface area (Å²) in [7, 11) is -1.92. The summed E-state index contributed by atoms with van der Waals surface area (Å²) in [5, 5.41) is 9.28. The molecule has 7 heteroatoms. The van der Waals surface area contributed by atoms with E-state index in [1.165, 1.54) is 0 Å². The van der Waals surface area contributed by atoms with Crippen molar-refractivity contribution in [2.45, 2.75) is 19.6 Å². The third-order valence-corrected chi connectivity index (χ3v) is 4.77. The van der Waals surface area contributed by atoms with Crippen LogP contribution in [-0.2, 0) is 13.6 Å². The van der Waals surface area contributed by atoms with E-state index in [9.17, 15) is 9.77 Å². The van der Waals surface area contributed by atoms with E-state index in [1.807, 2.05) is 5.48 Å². The maximum absolute atomic E-state index is 12.6. The summed E-state index contributed by atoms with van der Waals surface area (Å²) in [5.41, 5.74) is 2.60. The van der Waals surface area contributed by atoms with Gasteiger partial charge in [-0.1, -0.05) is 12.1 Å². The molecule has 0 heterocycles. The second kappa shape index (κ2) is 7.62. The van der Waals surface area contributed by atoms with Crippen LogP contribution in [0.5, 0.6) is 5.75 Å². The maximum Gasteiger partial charge on any atom is 0.354 e. The van der Waals surface area contributed by atoms with Crippen LogP contribution in [0.3, 0.4) is 0 Å². The van der Waals surface area contributed by atoms with Gasteiger partial charge in [-0.15, -0.1) is 0 Å². The van der Waals surface area contributed by atoms with Gasteiger partial charge in [0.2, 0.25) is 0 Å². The second-order valence-corrected chi connectivity index (χ2v) is 5.79. The fourth-order valence-corrected chi connectivity index (χ4v) is 3.43. The lowest BCUT2D eigenvalue weighted by molar-refractivity contribution is 0.125. The van der Waals surface area contributed by atoms with E-state index in [4.69, 9.17) is 13.8 Å². The van der Waals surface area contributed by atoms with E-state index in [0.717, 1.165) is 0 Å². The molecule has 1 aromatic rings. The van der Waals surface area contributed by atoms with Crippen LogP contribution < -0.4 is 10.2 Å². The van der Waals surface area contributed by atoms with Gasteiger partial charge in [0.05, 0.1) is 20.3 Å². The van der Waals surface area contributed by atoms with Crippen molar-refractivity contribution in [2.24, 2.45) is 0 Å². The first kappa shape index (κ1) is 16.1. The highest BCUT2D eigenvalue weighted by molar-refractivity contribution is 7.54. The number of hydrogen-bond donors (Lipinski definition) is 2. The third-order valence-electron chi connectivity index (χ3n) is 2.49. The van der Waals surface area contributed by atoms with Crippen molar-refractivity contribution in [3.63, 3.8) is 0 Å². The summed E-state index contributed by atoms with van der Waals surface area (Å²) in [6.07, 6.45) is 0. The molecule has 1 unspecified atom stereocenters. The zero-order valence-corrected chi connectivity index (χ0v) is 12.2. The van der Waals surface area contributed by atoms with Gasteiger partial charge in [-0.2, -0.15) is 5.48 Å². The summed E-state index contributed by atoms with van der Waals surface area (Å²) >= 11 is 0. The van der Waals surface area contributed by atoms with E-state index in [2.05, 4.69) is 0 Å². The number of methoxy groups -OCH3 is 1. The number of ether oxygens (including phenoxy) is 1. The molecule has 0 bridgehead atoms. The lowest BCUT2D eigenvalue weighted by Gasteiger charge is -2.25. The van der Waals surface area contributed by atoms with Crippen molar-refractivity contribution in [1.82, 2.24) is 5.48 Å². The molecular formula is C12H20NO5P. The molecule has 6 nitrogen and oxygen atoms in total. The fraction of sp³-hybridized carbons (Fsp3) is 0.500. The highest BCUT2D eigenvalue weighted by Gasteiger charge is 2.36. The van der Waals surface area contributed by atoms with Crippen molar-refractivity contribution in [2.75, 3.05) is 20.3 Å². The quantitative estimate of drug-likeness (QED) is 0.566. The zero-order valence-electron chi connectivity index (χ0n) is 11.3. The minimum absolute atomic E-state index is 0.228.